The van der Waals surface area contributed by atoms with Gasteiger partial charge in [-0.05, 0) is 74.6 Å². The number of aryl methyl sites for hydroxylation is 2. The molecule has 4 rings (SSSR count). The zero-order valence-electron chi connectivity index (χ0n) is 22.8. The zero-order valence-corrected chi connectivity index (χ0v) is 23.6. The van der Waals surface area contributed by atoms with Gasteiger partial charge in [-0.15, -0.1) is 11.8 Å². The molecule has 2 heterocycles. The van der Waals surface area contributed by atoms with E-state index in [0.717, 1.165) is 64.8 Å². The monoisotopic (exact) mass is 515 g/mol. The molecule has 1 amide bonds. The van der Waals surface area contributed by atoms with E-state index in [4.69, 9.17) is 4.74 Å². The highest BCUT2D eigenvalue weighted by Crippen LogP contribution is 2.33. The van der Waals surface area contributed by atoms with Crippen molar-refractivity contribution in [3.63, 3.8) is 0 Å². The molecule has 1 aromatic carbocycles. The van der Waals surface area contributed by atoms with E-state index in [1.165, 1.54) is 26.7 Å². The molecule has 0 bridgehead atoms. The summed E-state index contributed by atoms with van der Waals surface area (Å²) in [5.41, 5.74) is 2.68. The number of methoxy groups -OCH3 is 1. The topological polar surface area (TPSA) is 63.6 Å². The van der Waals surface area contributed by atoms with Gasteiger partial charge in [0.05, 0.1) is 5.92 Å². The highest BCUT2D eigenvalue weighted by atomic mass is 32.2. The first-order chi connectivity index (χ1) is 17.5. The number of nitrogens with zero attached hydrogens (tertiary/aromatic N) is 2. The van der Waals surface area contributed by atoms with Crippen LogP contribution in [0.3, 0.4) is 0 Å². The highest BCUT2D eigenvalue weighted by Gasteiger charge is 2.36. The Morgan fingerprint density at radius 2 is 1.97 bits per heavy atom. The third-order valence-electron chi connectivity index (χ3n) is 6.42. The number of hydrogen-bond acceptors (Lipinski definition) is 5. The second kappa shape index (κ2) is 16.6. The Morgan fingerprint density at radius 3 is 2.53 bits per heavy atom. The molecule has 2 fully saturated rings. The van der Waals surface area contributed by atoms with Crippen molar-refractivity contribution in [3.8, 4) is 0 Å². The van der Waals surface area contributed by atoms with Crippen molar-refractivity contribution in [1.82, 2.24) is 14.8 Å². The first-order valence-corrected chi connectivity index (χ1v) is 14.5. The first kappa shape index (κ1) is 30.1. The van der Waals surface area contributed by atoms with Gasteiger partial charge in [0.2, 0.25) is 11.5 Å². The van der Waals surface area contributed by atoms with Crippen LogP contribution < -0.4 is 10.9 Å². The van der Waals surface area contributed by atoms with Crippen molar-refractivity contribution in [2.45, 2.75) is 69.9 Å². The summed E-state index contributed by atoms with van der Waals surface area (Å²) in [5.74, 6) is 0.517. The smallest absolute Gasteiger partial charge is 0.250 e. The third-order valence-corrected chi connectivity index (χ3v) is 7.26. The minimum Gasteiger partial charge on any atom is -0.385 e. The molecule has 1 N–H and O–H groups in total. The molecule has 36 heavy (non-hydrogen) atoms. The number of carbonyl (C=O) groups is 1. The molecule has 7 heteroatoms. The van der Waals surface area contributed by atoms with E-state index >= 15 is 0 Å². The molecule has 0 radical (unpaired) electrons. The zero-order chi connectivity index (χ0) is 26.3. The van der Waals surface area contributed by atoms with Gasteiger partial charge in [-0.2, -0.15) is 0 Å². The van der Waals surface area contributed by atoms with E-state index in [2.05, 4.69) is 34.7 Å². The lowest BCUT2D eigenvalue weighted by atomic mass is 9.97. The van der Waals surface area contributed by atoms with Gasteiger partial charge in [0, 0.05) is 57.1 Å². The van der Waals surface area contributed by atoms with E-state index in [9.17, 15) is 9.59 Å². The number of pyridine rings is 1. The average Bonchev–Trinajstić information content (AvgIpc) is 3.76. The fourth-order valence-corrected chi connectivity index (χ4v) is 4.88. The Kier molecular flexibility index (Phi) is 13.9. The van der Waals surface area contributed by atoms with E-state index < -0.39 is 0 Å². The van der Waals surface area contributed by atoms with Crippen LogP contribution in [0.2, 0.25) is 0 Å². The van der Waals surface area contributed by atoms with E-state index in [1.807, 2.05) is 19.9 Å². The summed E-state index contributed by atoms with van der Waals surface area (Å²) in [6.45, 7) is 7.44. The van der Waals surface area contributed by atoms with Gasteiger partial charge in [-0.1, -0.05) is 32.0 Å². The highest BCUT2D eigenvalue weighted by molar-refractivity contribution is 7.98. The van der Waals surface area contributed by atoms with Crippen molar-refractivity contribution in [3.05, 3.63) is 64.1 Å². The van der Waals surface area contributed by atoms with Gasteiger partial charge in [-0.3, -0.25) is 9.59 Å². The fraction of sp³-hybridized carbons (Fsp3) is 0.586. The predicted molar refractivity (Wildman–Crippen MR) is 151 cm³/mol. The fourth-order valence-electron chi connectivity index (χ4n) is 4.29. The molecular formula is C29H45N3O3S. The van der Waals surface area contributed by atoms with Crippen LogP contribution in [0.5, 0.6) is 0 Å². The maximum Gasteiger partial charge on any atom is 0.250 e. The molecule has 200 valence electrons. The normalized spacial score (nSPS) is 16.8. The molecule has 1 saturated heterocycles. The van der Waals surface area contributed by atoms with Crippen molar-refractivity contribution in [2.24, 2.45) is 13.0 Å². The van der Waals surface area contributed by atoms with Crippen LogP contribution in [-0.4, -0.2) is 54.5 Å². The Labute approximate surface area is 221 Å². The molecule has 1 aromatic heterocycles. The Morgan fingerprint density at radius 1 is 1.19 bits per heavy atom. The largest absolute Gasteiger partial charge is 0.385 e. The van der Waals surface area contributed by atoms with E-state index in [0.29, 0.717) is 11.9 Å². The van der Waals surface area contributed by atoms with Crippen LogP contribution >= 0.6 is 11.8 Å². The average molecular weight is 516 g/mol. The van der Waals surface area contributed by atoms with Gasteiger partial charge in [0.25, 0.3) is 0 Å². The molecular weight excluding hydrogens is 470 g/mol. The molecule has 0 spiro atoms. The maximum absolute atomic E-state index is 13.1. The number of ether oxygens (including phenoxy) is 1. The minimum absolute atomic E-state index is 0.0347. The second-order valence-electron chi connectivity index (χ2n) is 9.13. The van der Waals surface area contributed by atoms with Crippen molar-refractivity contribution < 1.29 is 9.53 Å². The summed E-state index contributed by atoms with van der Waals surface area (Å²) < 4.78 is 6.71. The van der Waals surface area contributed by atoms with Crippen LogP contribution in [0.1, 0.15) is 57.1 Å². The Balaban J connectivity index is 0.000000384. The third kappa shape index (κ3) is 9.75. The summed E-state index contributed by atoms with van der Waals surface area (Å²) in [6.07, 6.45) is 10.4. The van der Waals surface area contributed by atoms with Crippen molar-refractivity contribution >= 4 is 17.7 Å². The van der Waals surface area contributed by atoms with Crippen LogP contribution in [0, 0.1) is 5.92 Å². The van der Waals surface area contributed by atoms with Crippen LogP contribution in [-0.2, 0) is 29.5 Å². The molecule has 1 aliphatic heterocycles. The summed E-state index contributed by atoms with van der Waals surface area (Å²) in [6, 6.07) is 12.3. The number of nitrogens with one attached hydrogen (secondary N) is 1. The molecule has 1 saturated carbocycles. The Hall–Kier alpha value is -2.09. The van der Waals surface area contributed by atoms with E-state index in [-0.39, 0.29) is 11.5 Å². The summed E-state index contributed by atoms with van der Waals surface area (Å²) in [5, 5.41) is 3.39. The van der Waals surface area contributed by atoms with Crippen molar-refractivity contribution in [2.75, 3.05) is 33.1 Å². The molecule has 2 aliphatic rings. The number of carbonyl (C=O) groups excluding carboxylic acids is 1. The maximum atomic E-state index is 13.1. The van der Waals surface area contributed by atoms with Gasteiger partial charge < -0.3 is 19.5 Å². The number of amides is 1. The first-order valence-electron chi connectivity index (χ1n) is 13.3. The van der Waals surface area contributed by atoms with Gasteiger partial charge in [0.15, 0.2) is 0 Å². The van der Waals surface area contributed by atoms with E-state index in [1.54, 1.807) is 38.2 Å². The summed E-state index contributed by atoms with van der Waals surface area (Å²) >= 11 is 1.78. The van der Waals surface area contributed by atoms with Gasteiger partial charge in [-0.25, -0.2) is 0 Å². The number of thioether (sulfide) groups is 1. The molecule has 2 aromatic rings. The van der Waals surface area contributed by atoms with Crippen LogP contribution in [0.25, 0.3) is 0 Å². The Bertz CT molecular complexity index is 968. The standard InChI is InChI=1S/C21H32N2O2S.C6H7NO.C2H6/c1-25-12-4-5-16-7-10-20(26-2)18(13-16)15-23(19-8-9-19)21(24)17-6-3-11-22-14-17;1-7-5-3-2-4-6(7)8;1-2/h7,10,13,17,19,22H,3-6,8-9,11-12,14-15H2,1-2H3;2-5H,1H3;1-2H3. The van der Waals surface area contributed by atoms with Crippen LogP contribution in [0.4, 0.5) is 0 Å². The number of hydrogen-bond donors (Lipinski definition) is 1. The quantitative estimate of drug-likeness (QED) is 0.381. The lowest BCUT2D eigenvalue weighted by molar-refractivity contribution is -0.137. The predicted octanol–water partition coefficient (Wildman–Crippen LogP) is 4.89. The van der Waals surface area contributed by atoms with Crippen molar-refractivity contribution in [1.29, 1.82) is 0 Å². The summed E-state index contributed by atoms with van der Waals surface area (Å²) in [4.78, 5) is 27.2. The number of piperidine rings is 1. The second-order valence-corrected chi connectivity index (χ2v) is 9.98. The molecule has 1 atom stereocenters. The molecule has 1 unspecified atom stereocenters. The van der Waals surface area contributed by atoms with Crippen LogP contribution in [0.15, 0.2) is 52.3 Å². The number of benzene rings is 1. The van der Waals surface area contributed by atoms with Gasteiger partial charge >= 0.3 is 0 Å². The lowest BCUT2D eigenvalue weighted by Crippen LogP contribution is -2.43. The lowest BCUT2D eigenvalue weighted by Gasteiger charge is -2.30. The SMILES string of the molecule is CC.COCCCc1ccc(SC)c(CN(C(=O)C2CCCNC2)C2CC2)c1.Cn1ccccc1=O. The number of rotatable bonds is 9. The number of aromatic nitrogens is 1. The minimum atomic E-state index is 0.0347. The molecule has 1 aliphatic carbocycles. The van der Waals surface area contributed by atoms with Gasteiger partial charge in [0.1, 0.15) is 0 Å². The molecule has 6 nitrogen and oxygen atoms in total. The summed E-state index contributed by atoms with van der Waals surface area (Å²) in [7, 11) is 3.48.